The summed E-state index contributed by atoms with van der Waals surface area (Å²) in [6.45, 7) is 9.46. The van der Waals surface area contributed by atoms with E-state index in [1.807, 2.05) is 12.1 Å². The maximum Gasteiger partial charge on any atom is 0.322 e. The van der Waals surface area contributed by atoms with Crippen LogP contribution >= 0.6 is 0 Å². The van der Waals surface area contributed by atoms with Crippen molar-refractivity contribution in [2.45, 2.75) is 51.0 Å². The SMILES string of the molecule is CC(C)C(C(=O)O)S(=O)(=O)Cc1ccc(C(C)(C)C)cc1. The van der Waals surface area contributed by atoms with Crippen LogP contribution in [0.2, 0.25) is 0 Å². The summed E-state index contributed by atoms with van der Waals surface area (Å²) in [4.78, 5) is 11.2. The molecule has 0 saturated heterocycles. The van der Waals surface area contributed by atoms with E-state index in [-0.39, 0.29) is 11.2 Å². The number of carboxylic acid groups (broad SMARTS) is 1. The van der Waals surface area contributed by atoms with Gasteiger partial charge in [0, 0.05) is 0 Å². The molecule has 0 heterocycles. The molecule has 4 nitrogen and oxygen atoms in total. The van der Waals surface area contributed by atoms with Gasteiger partial charge in [-0.15, -0.1) is 0 Å². The van der Waals surface area contributed by atoms with Crippen LogP contribution in [-0.4, -0.2) is 24.7 Å². The minimum atomic E-state index is -3.72. The molecule has 1 rings (SSSR count). The second-order valence-electron chi connectivity index (χ2n) is 6.76. The van der Waals surface area contributed by atoms with Crippen molar-refractivity contribution >= 4 is 15.8 Å². The van der Waals surface area contributed by atoms with Gasteiger partial charge in [0.15, 0.2) is 15.1 Å². The second-order valence-corrected chi connectivity index (χ2v) is 8.88. The highest BCUT2D eigenvalue weighted by atomic mass is 32.2. The van der Waals surface area contributed by atoms with Crippen LogP contribution in [0.25, 0.3) is 0 Å². The van der Waals surface area contributed by atoms with Gasteiger partial charge in [-0.05, 0) is 22.5 Å². The Morgan fingerprint density at radius 2 is 1.62 bits per heavy atom. The summed E-state index contributed by atoms with van der Waals surface area (Å²) >= 11 is 0. The number of hydrogen-bond donors (Lipinski definition) is 1. The first-order chi connectivity index (χ1) is 9.45. The molecular weight excluding hydrogens is 288 g/mol. The molecule has 0 aliphatic carbocycles. The Morgan fingerprint density at radius 1 is 1.14 bits per heavy atom. The zero-order valence-electron chi connectivity index (χ0n) is 13.3. The van der Waals surface area contributed by atoms with Crippen LogP contribution in [0.3, 0.4) is 0 Å². The molecule has 0 spiro atoms. The largest absolute Gasteiger partial charge is 0.480 e. The highest BCUT2D eigenvalue weighted by Crippen LogP contribution is 2.24. The van der Waals surface area contributed by atoms with E-state index in [0.29, 0.717) is 5.56 Å². The zero-order valence-corrected chi connectivity index (χ0v) is 14.1. The van der Waals surface area contributed by atoms with Gasteiger partial charge in [-0.1, -0.05) is 58.9 Å². The van der Waals surface area contributed by atoms with Gasteiger partial charge in [0.25, 0.3) is 0 Å². The average molecular weight is 312 g/mol. The lowest BCUT2D eigenvalue weighted by atomic mass is 9.87. The molecule has 1 N–H and O–H groups in total. The van der Waals surface area contributed by atoms with E-state index in [0.717, 1.165) is 5.56 Å². The lowest BCUT2D eigenvalue weighted by Crippen LogP contribution is -2.35. The number of sulfone groups is 1. The molecule has 0 aromatic heterocycles. The Hall–Kier alpha value is -1.36. The molecule has 0 fully saturated rings. The first-order valence-electron chi connectivity index (χ1n) is 6.99. The average Bonchev–Trinajstić information content (AvgIpc) is 2.25. The smallest absolute Gasteiger partial charge is 0.322 e. The van der Waals surface area contributed by atoms with Crippen LogP contribution < -0.4 is 0 Å². The van der Waals surface area contributed by atoms with Crippen molar-refractivity contribution in [3.63, 3.8) is 0 Å². The van der Waals surface area contributed by atoms with E-state index in [1.54, 1.807) is 26.0 Å². The normalized spacial score (nSPS) is 14.2. The summed E-state index contributed by atoms with van der Waals surface area (Å²) in [7, 11) is -3.72. The van der Waals surface area contributed by atoms with Crippen molar-refractivity contribution in [2.24, 2.45) is 5.92 Å². The van der Waals surface area contributed by atoms with Gasteiger partial charge in [-0.3, -0.25) is 4.79 Å². The number of carbonyl (C=O) groups is 1. The second kappa shape index (κ2) is 6.18. The van der Waals surface area contributed by atoms with Gasteiger partial charge in [0.1, 0.15) is 0 Å². The van der Waals surface area contributed by atoms with Gasteiger partial charge in [0.2, 0.25) is 0 Å². The van der Waals surface area contributed by atoms with Crippen molar-refractivity contribution in [3.05, 3.63) is 35.4 Å². The van der Waals surface area contributed by atoms with Crippen molar-refractivity contribution in [1.29, 1.82) is 0 Å². The van der Waals surface area contributed by atoms with Gasteiger partial charge in [0.05, 0.1) is 5.75 Å². The molecule has 1 atom stereocenters. The molecule has 1 aromatic rings. The van der Waals surface area contributed by atoms with Crippen LogP contribution in [0.15, 0.2) is 24.3 Å². The summed E-state index contributed by atoms with van der Waals surface area (Å²) in [5.41, 5.74) is 1.73. The quantitative estimate of drug-likeness (QED) is 0.907. The molecule has 0 amide bonds. The van der Waals surface area contributed by atoms with Gasteiger partial charge >= 0.3 is 5.97 Å². The summed E-state index contributed by atoms with van der Waals surface area (Å²) in [6, 6.07) is 7.32. The van der Waals surface area contributed by atoms with Crippen molar-refractivity contribution in [1.82, 2.24) is 0 Å². The Balaban J connectivity index is 3.02. The lowest BCUT2D eigenvalue weighted by molar-refractivity contribution is -0.137. The zero-order chi connectivity index (χ0) is 16.4. The van der Waals surface area contributed by atoms with Crippen LogP contribution in [0.1, 0.15) is 45.7 Å². The maximum absolute atomic E-state index is 12.3. The third kappa shape index (κ3) is 4.56. The third-order valence-electron chi connectivity index (χ3n) is 3.42. The third-order valence-corrected chi connectivity index (χ3v) is 5.68. The van der Waals surface area contributed by atoms with Crippen LogP contribution in [0.5, 0.6) is 0 Å². The summed E-state index contributed by atoms with van der Waals surface area (Å²) in [5.74, 6) is -1.98. The minimum Gasteiger partial charge on any atom is -0.480 e. The van der Waals surface area contributed by atoms with Gasteiger partial charge < -0.3 is 5.11 Å². The van der Waals surface area contributed by atoms with E-state index < -0.39 is 27.0 Å². The van der Waals surface area contributed by atoms with Gasteiger partial charge in [-0.2, -0.15) is 0 Å². The predicted molar refractivity (Wildman–Crippen MR) is 84.0 cm³/mol. The molecule has 0 radical (unpaired) electrons. The highest BCUT2D eigenvalue weighted by Gasteiger charge is 2.35. The summed E-state index contributed by atoms with van der Waals surface area (Å²) in [5, 5.41) is 7.77. The molecule has 1 unspecified atom stereocenters. The molecule has 0 aliphatic rings. The topological polar surface area (TPSA) is 71.4 Å². The fourth-order valence-electron chi connectivity index (χ4n) is 2.28. The molecule has 0 saturated carbocycles. The van der Waals surface area contributed by atoms with E-state index in [4.69, 9.17) is 5.11 Å². The fraction of sp³-hybridized carbons (Fsp3) is 0.562. The highest BCUT2D eigenvalue weighted by molar-refractivity contribution is 7.92. The van der Waals surface area contributed by atoms with Crippen LogP contribution in [0.4, 0.5) is 0 Å². The Labute approximate surface area is 127 Å². The lowest BCUT2D eigenvalue weighted by Gasteiger charge is -2.20. The molecule has 0 aliphatic heterocycles. The number of benzene rings is 1. The van der Waals surface area contributed by atoms with Crippen molar-refractivity contribution in [2.75, 3.05) is 0 Å². The Morgan fingerprint density at radius 3 is 1.95 bits per heavy atom. The van der Waals surface area contributed by atoms with Crippen LogP contribution in [-0.2, 0) is 25.8 Å². The van der Waals surface area contributed by atoms with E-state index >= 15 is 0 Å². The molecule has 0 bridgehead atoms. The number of rotatable bonds is 5. The van der Waals surface area contributed by atoms with E-state index in [9.17, 15) is 13.2 Å². The number of aliphatic carboxylic acids is 1. The summed E-state index contributed by atoms with van der Waals surface area (Å²) in [6.07, 6.45) is 0. The minimum absolute atomic E-state index is 0.00105. The molecule has 21 heavy (non-hydrogen) atoms. The van der Waals surface area contributed by atoms with E-state index in [1.165, 1.54) is 0 Å². The first kappa shape index (κ1) is 17.7. The molecule has 5 heteroatoms. The van der Waals surface area contributed by atoms with Crippen molar-refractivity contribution < 1.29 is 18.3 Å². The Kier molecular flexibility index (Phi) is 5.20. The fourth-order valence-corrected chi connectivity index (χ4v) is 4.25. The monoisotopic (exact) mass is 312 g/mol. The first-order valence-corrected chi connectivity index (χ1v) is 8.70. The number of carboxylic acids is 1. The Bertz CT molecular complexity index is 592. The molecule has 118 valence electrons. The number of hydrogen-bond acceptors (Lipinski definition) is 3. The maximum atomic E-state index is 12.3. The van der Waals surface area contributed by atoms with E-state index in [2.05, 4.69) is 20.8 Å². The molecule has 1 aromatic carbocycles. The van der Waals surface area contributed by atoms with Crippen LogP contribution in [0, 0.1) is 5.92 Å². The summed E-state index contributed by atoms with van der Waals surface area (Å²) < 4.78 is 24.6. The van der Waals surface area contributed by atoms with Crippen molar-refractivity contribution in [3.8, 4) is 0 Å². The molecular formula is C16H24O4S. The standard InChI is InChI=1S/C16H24O4S/c1-11(2)14(15(17)18)21(19,20)10-12-6-8-13(9-7-12)16(3,4)5/h6-9,11,14H,10H2,1-5H3,(H,17,18). The van der Waals surface area contributed by atoms with Gasteiger partial charge in [-0.25, -0.2) is 8.42 Å². The predicted octanol–water partition coefficient (Wildman–Crippen LogP) is 3.01.